The molecule has 5 aromatic rings. The molecule has 1 atom stereocenters. The first-order valence-electron chi connectivity index (χ1n) is 14.0. The molecule has 0 radical (unpaired) electrons. The van der Waals surface area contributed by atoms with Crippen molar-refractivity contribution in [1.29, 1.82) is 0 Å². The SMILES string of the molecule is CCOC(=O)C1=C(c2ccccc2)N=c2s/c(=C\c3ccc(OCc4ccccc4F)c(Br)c3)c(=O)n2[C@H]1c1ccc(Cl)cc1. The number of fused-ring (bicyclic) bond motifs is 1. The van der Waals surface area contributed by atoms with E-state index in [-0.39, 0.29) is 30.2 Å². The lowest BCUT2D eigenvalue weighted by Crippen LogP contribution is -2.40. The first-order valence-corrected chi connectivity index (χ1v) is 16.0. The number of thiazole rings is 1. The van der Waals surface area contributed by atoms with Crippen LogP contribution < -0.4 is 19.6 Å². The minimum atomic E-state index is -0.796. The fourth-order valence-corrected chi connectivity index (χ4v) is 6.69. The lowest BCUT2D eigenvalue weighted by atomic mass is 9.93. The van der Waals surface area contributed by atoms with Crippen LogP contribution in [-0.2, 0) is 16.1 Å². The quantitative estimate of drug-likeness (QED) is 0.162. The molecule has 6 nitrogen and oxygen atoms in total. The maximum Gasteiger partial charge on any atom is 0.338 e. The maximum atomic E-state index is 14.1. The second-order valence-electron chi connectivity index (χ2n) is 10.1. The summed E-state index contributed by atoms with van der Waals surface area (Å²) >= 11 is 11.0. The molecule has 0 saturated heterocycles. The van der Waals surface area contributed by atoms with Crippen LogP contribution in [0.25, 0.3) is 11.8 Å². The summed E-state index contributed by atoms with van der Waals surface area (Å²) in [6.07, 6.45) is 1.77. The number of halogens is 3. The van der Waals surface area contributed by atoms with Crippen LogP contribution in [0, 0.1) is 5.82 Å². The van der Waals surface area contributed by atoms with Gasteiger partial charge in [0.25, 0.3) is 5.56 Å². The number of aromatic nitrogens is 1. The molecule has 4 aromatic carbocycles. The molecule has 0 fully saturated rings. The van der Waals surface area contributed by atoms with Gasteiger partial charge in [0.1, 0.15) is 18.2 Å². The van der Waals surface area contributed by atoms with Crippen LogP contribution in [0.5, 0.6) is 5.75 Å². The summed E-state index contributed by atoms with van der Waals surface area (Å²) in [4.78, 5) is 33.0. The lowest BCUT2D eigenvalue weighted by Gasteiger charge is -2.25. The van der Waals surface area contributed by atoms with Gasteiger partial charge in [-0.3, -0.25) is 9.36 Å². The minimum absolute atomic E-state index is 0.0699. The molecule has 0 amide bonds. The molecule has 1 aliphatic rings. The summed E-state index contributed by atoms with van der Waals surface area (Å²) < 4.78 is 28.0. The summed E-state index contributed by atoms with van der Waals surface area (Å²) in [5, 5.41) is 0.531. The van der Waals surface area contributed by atoms with Crippen molar-refractivity contribution in [2.24, 2.45) is 4.99 Å². The number of benzene rings is 4. The Morgan fingerprint density at radius 3 is 2.49 bits per heavy atom. The predicted molar refractivity (Wildman–Crippen MR) is 177 cm³/mol. The van der Waals surface area contributed by atoms with Crippen LogP contribution in [0.15, 0.2) is 117 Å². The molecule has 0 unspecified atom stereocenters. The molecule has 226 valence electrons. The molecule has 0 saturated carbocycles. The average Bonchev–Trinajstić information content (AvgIpc) is 3.35. The first kappa shape index (κ1) is 30.7. The summed E-state index contributed by atoms with van der Waals surface area (Å²) in [7, 11) is 0. The normalized spacial score (nSPS) is 14.6. The molecule has 10 heteroatoms. The molecule has 0 aliphatic carbocycles. The van der Waals surface area contributed by atoms with E-state index in [1.54, 1.807) is 66.1 Å². The Bertz CT molecular complexity index is 2110. The zero-order chi connectivity index (χ0) is 31.5. The zero-order valence-electron chi connectivity index (χ0n) is 23.9. The van der Waals surface area contributed by atoms with Crippen LogP contribution in [0.2, 0.25) is 5.02 Å². The first-order chi connectivity index (χ1) is 21.8. The fraction of sp³-hybridized carbons (Fsp3) is 0.114. The van der Waals surface area contributed by atoms with Crippen molar-refractivity contribution in [3.8, 4) is 5.75 Å². The van der Waals surface area contributed by atoms with Gasteiger partial charge in [-0.2, -0.15) is 0 Å². The zero-order valence-corrected chi connectivity index (χ0v) is 27.0. The van der Waals surface area contributed by atoms with Crippen LogP contribution in [-0.4, -0.2) is 17.1 Å². The molecule has 6 rings (SSSR count). The van der Waals surface area contributed by atoms with E-state index in [2.05, 4.69) is 15.9 Å². The summed E-state index contributed by atoms with van der Waals surface area (Å²) in [6, 6.07) is 27.5. The third-order valence-electron chi connectivity index (χ3n) is 7.15. The van der Waals surface area contributed by atoms with E-state index >= 15 is 0 Å². The molecule has 2 heterocycles. The predicted octanol–water partition coefficient (Wildman–Crippen LogP) is 7.07. The highest BCUT2D eigenvalue weighted by Crippen LogP contribution is 2.35. The second kappa shape index (κ2) is 13.4. The standard InChI is InChI=1S/C35H25BrClFN2O4S/c1-2-43-34(42)30-31(22-8-4-3-5-9-22)39-35-40(32(30)23-13-15-25(37)16-14-23)33(41)29(45-35)19-21-12-17-28(26(36)18-21)44-20-24-10-6-7-11-27(24)38/h3-19,32H,2,20H2,1H3/b29-19-/t32-/m0/s1. The Morgan fingerprint density at radius 2 is 1.78 bits per heavy atom. The van der Waals surface area contributed by atoms with Gasteiger partial charge in [-0.25, -0.2) is 14.2 Å². The Hall–Kier alpha value is -4.31. The monoisotopic (exact) mass is 702 g/mol. The van der Waals surface area contributed by atoms with Gasteiger partial charge < -0.3 is 9.47 Å². The maximum absolute atomic E-state index is 14.1. The second-order valence-corrected chi connectivity index (χ2v) is 12.4. The number of nitrogens with zero attached hydrogens (tertiary/aromatic N) is 2. The molecule has 0 bridgehead atoms. The molecule has 1 aromatic heterocycles. The fourth-order valence-electron chi connectivity index (χ4n) is 5.05. The summed E-state index contributed by atoms with van der Waals surface area (Å²) in [6.45, 7) is 1.97. The Balaban J connectivity index is 1.46. The number of carbonyl (C=O) groups excluding carboxylic acids is 1. The molecular formula is C35H25BrClFN2O4S. The van der Waals surface area contributed by atoms with Crippen molar-refractivity contribution in [1.82, 2.24) is 4.57 Å². The van der Waals surface area contributed by atoms with E-state index in [0.717, 1.165) is 11.1 Å². The molecular weight excluding hydrogens is 679 g/mol. The van der Waals surface area contributed by atoms with Crippen molar-refractivity contribution in [3.05, 3.63) is 160 Å². The van der Waals surface area contributed by atoms with E-state index in [1.165, 1.54) is 17.4 Å². The molecule has 0 spiro atoms. The van der Waals surface area contributed by atoms with Crippen molar-refractivity contribution < 1.29 is 18.7 Å². The highest BCUT2D eigenvalue weighted by atomic mass is 79.9. The molecule has 1 aliphatic heterocycles. The van der Waals surface area contributed by atoms with E-state index < -0.39 is 12.0 Å². The van der Waals surface area contributed by atoms with E-state index in [1.807, 2.05) is 42.5 Å². The number of carbonyl (C=O) groups is 1. The molecule has 45 heavy (non-hydrogen) atoms. The highest BCUT2D eigenvalue weighted by molar-refractivity contribution is 9.10. The van der Waals surface area contributed by atoms with Crippen LogP contribution in [0.3, 0.4) is 0 Å². The van der Waals surface area contributed by atoms with Crippen LogP contribution in [0.1, 0.15) is 35.2 Å². The Kier molecular flexibility index (Phi) is 9.11. The number of ether oxygens (including phenoxy) is 2. The number of rotatable bonds is 8. The van der Waals surface area contributed by atoms with Gasteiger partial charge in [-0.15, -0.1) is 0 Å². The largest absolute Gasteiger partial charge is 0.488 e. The minimum Gasteiger partial charge on any atom is -0.488 e. The van der Waals surface area contributed by atoms with Crippen molar-refractivity contribution in [3.63, 3.8) is 0 Å². The summed E-state index contributed by atoms with van der Waals surface area (Å²) in [5.74, 6) is -0.352. The molecule has 0 N–H and O–H groups in total. The van der Waals surface area contributed by atoms with Gasteiger partial charge in [-0.05, 0) is 70.4 Å². The van der Waals surface area contributed by atoms with Gasteiger partial charge in [0, 0.05) is 16.1 Å². The highest BCUT2D eigenvalue weighted by Gasteiger charge is 2.35. The Labute approximate surface area is 275 Å². The number of hydrogen-bond acceptors (Lipinski definition) is 6. The lowest BCUT2D eigenvalue weighted by molar-refractivity contribution is -0.138. The topological polar surface area (TPSA) is 69.9 Å². The van der Waals surface area contributed by atoms with E-state index in [9.17, 15) is 14.0 Å². The van der Waals surface area contributed by atoms with E-state index in [0.29, 0.717) is 41.4 Å². The number of hydrogen-bond donors (Lipinski definition) is 0. The Morgan fingerprint density at radius 1 is 1.04 bits per heavy atom. The summed E-state index contributed by atoms with van der Waals surface area (Å²) in [5.41, 5.74) is 3.01. The van der Waals surface area contributed by atoms with Gasteiger partial charge in [0.2, 0.25) is 0 Å². The van der Waals surface area contributed by atoms with Gasteiger partial charge >= 0.3 is 5.97 Å². The van der Waals surface area contributed by atoms with Crippen molar-refractivity contribution in [2.45, 2.75) is 19.6 Å². The van der Waals surface area contributed by atoms with Crippen molar-refractivity contribution in [2.75, 3.05) is 6.61 Å². The average molecular weight is 704 g/mol. The van der Waals surface area contributed by atoms with Crippen molar-refractivity contribution >= 4 is 56.6 Å². The van der Waals surface area contributed by atoms with Gasteiger partial charge in [0.15, 0.2) is 4.80 Å². The van der Waals surface area contributed by atoms with Gasteiger partial charge in [0.05, 0.1) is 32.9 Å². The van der Waals surface area contributed by atoms with E-state index in [4.69, 9.17) is 26.1 Å². The van der Waals surface area contributed by atoms with Crippen LogP contribution >= 0.6 is 38.9 Å². The third-order valence-corrected chi connectivity index (χ3v) is 9.01. The smallest absolute Gasteiger partial charge is 0.338 e. The van der Waals surface area contributed by atoms with Gasteiger partial charge in [-0.1, -0.05) is 89.7 Å². The third kappa shape index (κ3) is 6.42. The number of esters is 1. The van der Waals surface area contributed by atoms with Crippen LogP contribution in [0.4, 0.5) is 4.39 Å².